The third-order valence-corrected chi connectivity index (χ3v) is 6.47. The van der Waals surface area contributed by atoms with E-state index in [1.165, 1.54) is 7.11 Å². The maximum atomic E-state index is 13.6. The van der Waals surface area contributed by atoms with Crippen LogP contribution in [0.1, 0.15) is 46.9 Å². The van der Waals surface area contributed by atoms with Gasteiger partial charge in [0.05, 0.1) is 23.0 Å². The van der Waals surface area contributed by atoms with Crippen molar-refractivity contribution in [3.05, 3.63) is 74.0 Å². The van der Waals surface area contributed by atoms with Crippen LogP contribution in [-0.4, -0.2) is 48.6 Å². The SMILES string of the molecule is CCc1[nH]c2c(Cl)ccc(OCC(=O)OC)c2c(=O)c1Cc1ccc(C(=O)N2CCCC2)cc1. The van der Waals surface area contributed by atoms with Crippen molar-refractivity contribution in [2.75, 3.05) is 26.8 Å². The summed E-state index contributed by atoms with van der Waals surface area (Å²) in [6, 6.07) is 10.6. The number of likely N-dealkylation sites (tertiary alicyclic amines) is 1. The minimum absolute atomic E-state index is 0.0453. The average Bonchev–Trinajstić information content (AvgIpc) is 3.40. The molecular weight excluding hydrogens is 456 g/mol. The molecular formula is C26H27ClN2O5. The number of carbonyl (C=O) groups is 2. The molecule has 2 heterocycles. The van der Waals surface area contributed by atoms with Gasteiger partial charge in [-0.25, -0.2) is 4.79 Å². The molecule has 1 amide bonds. The molecule has 0 unspecified atom stereocenters. The van der Waals surface area contributed by atoms with Crippen LogP contribution in [0.5, 0.6) is 5.75 Å². The monoisotopic (exact) mass is 482 g/mol. The normalized spacial score (nSPS) is 13.3. The lowest BCUT2D eigenvalue weighted by molar-refractivity contribution is -0.142. The summed E-state index contributed by atoms with van der Waals surface area (Å²) < 4.78 is 10.2. The third-order valence-electron chi connectivity index (χ3n) is 6.16. The first-order valence-corrected chi connectivity index (χ1v) is 11.7. The van der Waals surface area contributed by atoms with Crippen molar-refractivity contribution in [2.45, 2.75) is 32.6 Å². The minimum Gasteiger partial charge on any atom is -0.481 e. The van der Waals surface area contributed by atoms with Crippen LogP contribution in [0.3, 0.4) is 0 Å². The Morgan fingerprint density at radius 1 is 1.09 bits per heavy atom. The minimum atomic E-state index is -0.548. The number of ether oxygens (including phenoxy) is 2. The molecule has 7 nitrogen and oxygen atoms in total. The zero-order valence-corrected chi connectivity index (χ0v) is 20.0. The van der Waals surface area contributed by atoms with Crippen molar-refractivity contribution in [1.29, 1.82) is 0 Å². The zero-order chi connectivity index (χ0) is 24.2. The van der Waals surface area contributed by atoms with E-state index in [4.69, 9.17) is 16.3 Å². The van der Waals surface area contributed by atoms with Crippen LogP contribution in [0.25, 0.3) is 10.9 Å². The smallest absolute Gasteiger partial charge is 0.343 e. The van der Waals surface area contributed by atoms with E-state index >= 15 is 0 Å². The van der Waals surface area contributed by atoms with Gasteiger partial charge >= 0.3 is 5.97 Å². The number of nitrogens with one attached hydrogen (secondary N) is 1. The van der Waals surface area contributed by atoms with Gasteiger partial charge in [0.1, 0.15) is 5.75 Å². The quantitative estimate of drug-likeness (QED) is 0.512. The summed E-state index contributed by atoms with van der Waals surface area (Å²) in [6.07, 6.45) is 3.08. The number of aromatic nitrogens is 1. The van der Waals surface area contributed by atoms with E-state index in [0.717, 1.165) is 37.2 Å². The number of benzene rings is 2. The topological polar surface area (TPSA) is 88.7 Å². The van der Waals surface area contributed by atoms with Crippen molar-refractivity contribution >= 4 is 34.4 Å². The van der Waals surface area contributed by atoms with Crippen molar-refractivity contribution in [2.24, 2.45) is 0 Å². The predicted octanol–water partition coefficient (Wildman–Crippen LogP) is 4.12. The van der Waals surface area contributed by atoms with Gasteiger partial charge in [-0.1, -0.05) is 30.7 Å². The lowest BCUT2D eigenvalue weighted by Crippen LogP contribution is -2.27. The second-order valence-electron chi connectivity index (χ2n) is 8.30. The van der Waals surface area contributed by atoms with Gasteiger partial charge in [-0.3, -0.25) is 9.59 Å². The van der Waals surface area contributed by atoms with E-state index in [0.29, 0.717) is 39.9 Å². The summed E-state index contributed by atoms with van der Waals surface area (Å²) >= 11 is 6.38. The number of esters is 1. The summed E-state index contributed by atoms with van der Waals surface area (Å²) in [5.41, 5.74) is 3.21. The number of fused-ring (bicyclic) bond motifs is 1. The van der Waals surface area contributed by atoms with E-state index in [2.05, 4.69) is 9.72 Å². The summed E-state index contributed by atoms with van der Waals surface area (Å²) in [4.78, 5) is 43.0. The number of aromatic amines is 1. The molecule has 178 valence electrons. The summed E-state index contributed by atoms with van der Waals surface area (Å²) in [5, 5.41) is 0.688. The Kier molecular flexibility index (Phi) is 7.22. The maximum Gasteiger partial charge on any atom is 0.343 e. The molecule has 1 fully saturated rings. The average molecular weight is 483 g/mol. The Balaban J connectivity index is 1.69. The highest BCUT2D eigenvalue weighted by Crippen LogP contribution is 2.30. The molecule has 0 bridgehead atoms. The number of methoxy groups -OCH3 is 1. The van der Waals surface area contributed by atoms with Gasteiger partial charge in [0.2, 0.25) is 0 Å². The van der Waals surface area contributed by atoms with Crippen molar-refractivity contribution in [3.8, 4) is 5.75 Å². The number of aryl methyl sites for hydroxylation is 1. The summed E-state index contributed by atoms with van der Waals surface area (Å²) in [6.45, 7) is 3.25. The molecule has 1 aromatic heterocycles. The molecule has 0 radical (unpaired) electrons. The first-order valence-electron chi connectivity index (χ1n) is 11.4. The van der Waals surface area contributed by atoms with Gasteiger partial charge in [-0.05, 0) is 49.1 Å². The van der Waals surface area contributed by atoms with Gasteiger partial charge in [-0.2, -0.15) is 0 Å². The number of halogens is 1. The lowest BCUT2D eigenvalue weighted by atomic mass is 9.98. The first kappa shape index (κ1) is 23.8. The Hall–Kier alpha value is -3.32. The highest BCUT2D eigenvalue weighted by atomic mass is 35.5. The van der Waals surface area contributed by atoms with Crippen LogP contribution in [0.4, 0.5) is 0 Å². The van der Waals surface area contributed by atoms with E-state index in [1.807, 2.05) is 36.1 Å². The number of hydrogen-bond acceptors (Lipinski definition) is 5. The molecule has 0 saturated carbocycles. The number of H-pyrrole nitrogens is 1. The second kappa shape index (κ2) is 10.3. The van der Waals surface area contributed by atoms with E-state index < -0.39 is 5.97 Å². The van der Waals surface area contributed by atoms with Crippen LogP contribution < -0.4 is 10.2 Å². The molecule has 4 rings (SSSR count). The van der Waals surface area contributed by atoms with E-state index in [1.54, 1.807) is 12.1 Å². The van der Waals surface area contributed by atoms with Gasteiger partial charge in [0.15, 0.2) is 12.0 Å². The standard InChI is InChI=1S/C26H27ClN2O5/c1-3-20-18(14-16-6-8-17(9-7-16)26(32)29-12-4-5-13-29)25(31)23-21(34-15-22(30)33-2)11-10-19(27)24(23)28-20/h6-11H,3-5,12-15H2,1-2H3,(H,28,31). The lowest BCUT2D eigenvalue weighted by Gasteiger charge is -2.16. The fraction of sp³-hybridized carbons (Fsp3) is 0.346. The van der Waals surface area contributed by atoms with Crippen molar-refractivity contribution in [1.82, 2.24) is 9.88 Å². The highest BCUT2D eigenvalue weighted by molar-refractivity contribution is 6.35. The van der Waals surface area contributed by atoms with Crippen molar-refractivity contribution < 1.29 is 19.1 Å². The van der Waals surface area contributed by atoms with E-state index in [9.17, 15) is 14.4 Å². The van der Waals surface area contributed by atoms with Crippen LogP contribution in [0, 0.1) is 0 Å². The Morgan fingerprint density at radius 3 is 2.44 bits per heavy atom. The maximum absolute atomic E-state index is 13.6. The fourth-order valence-electron chi connectivity index (χ4n) is 4.30. The number of pyridine rings is 1. The Labute approximate surface area is 202 Å². The summed E-state index contributed by atoms with van der Waals surface area (Å²) in [5.74, 6) is -0.237. The Bertz CT molecular complexity index is 1280. The van der Waals surface area contributed by atoms with Crippen LogP contribution in [0.15, 0.2) is 41.2 Å². The first-order chi connectivity index (χ1) is 16.4. The second-order valence-corrected chi connectivity index (χ2v) is 8.71. The Morgan fingerprint density at radius 2 is 1.79 bits per heavy atom. The molecule has 2 aromatic carbocycles. The highest BCUT2D eigenvalue weighted by Gasteiger charge is 2.20. The molecule has 8 heteroatoms. The molecule has 34 heavy (non-hydrogen) atoms. The van der Waals surface area contributed by atoms with Crippen LogP contribution >= 0.6 is 11.6 Å². The summed E-state index contributed by atoms with van der Waals surface area (Å²) in [7, 11) is 1.27. The largest absolute Gasteiger partial charge is 0.481 e. The fourth-order valence-corrected chi connectivity index (χ4v) is 4.50. The van der Waals surface area contributed by atoms with Gasteiger partial charge < -0.3 is 19.4 Å². The van der Waals surface area contributed by atoms with Gasteiger partial charge in [-0.15, -0.1) is 0 Å². The molecule has 0 atom stereocenters. The number of nitrogens with zero attached hydrogens (tertiary/aromatic N) is 1. The van der Waals surface area contributed by atoms with Crippen LogP contribution in [-0.2, 0) is 22.4 Å². The predicted molar refractivity (Wildman–Crippen MR) is 131 cm³/mol. The molecule has 3 aromatic rings. The number of amides is 1. The van der Waals surface area contributed by atoms with Gasteiger partial charge in [0.25, 0.3) is 5.91 Å². The van der Waals surface area contributed by atoms with Crippen LogP contribution in [0.2, 0.25) is 5.02 Å². The zero-order valence-electron chi connectivity index (χ0n) is 19.3. The number of rotatable bonds is 7. The third kappa shape index (κ3) is 4.80. The molecule has 1 aliphatic heterocycles. The molecule has 1 saturated heterocycles. The number of carbonyl (C=O) groups excluding carboxylic acids is 2. The van der Waals surface area contributed by atoms with E-state index in [-0.39, 0.29) is 23.7 Å². The molecule has 0 spiro atoms. The number of hydrogen-bond donors (Lipinski definition) is 1. The molecule has 0 aliphatic carbocycles. The van der Waals surface area contributed by atoms with Gasteiger partial charge in [0, 0.05) is 36.3 Å². The molecule has 1 aliphatic rings. The van der Waals surface area contributed by atoms with Crippen molar-refractivity contribution in [3.63, 3.8) is 0 Å². The molecule has 1 N–H and O–H groups in total.